The van der Waals surface area contributed by atoms with Crippen LogP contribution in [0, 0.1) is 3.57 Å². The van der Waals surface area contributed by atoms with Crippen LogP contribution >= 0.6 is 22.6 Å². The molecule has 0 bridgehead atoms. The van der Waals surface area contributed by atoms with Crippen molar-refractivity contribution in [3.63, 3.8) is 0 Å². The molecule has 0 saturated carbocycles. The number of carbonyl (C=O) groups is 1. The highest BCUT2D eigenvalue weighted by molar-refractivity contribution is 14.1. The first-order valence-corrected chi connectivity index (χ1v) is 7.48. The minimum atomic E-state index is 0. The van der Waals surface area contributed by atoms with E-state index in [-0.39, 0.29) is 22.8 Å². The van der Waals surface area contributed by atoms with Crippen LogP contribution in [-0.4, -0.2) is 5.78 Å². The summed E-state index contributed by atoms with van der Waals surface area (Å²) in [4.78, 5) is 12.4. The summed E-state index contributed by atoms with van der Waals surface area (Å²) in [5.41, 5.74) is 1.84. The van der Waals surface area contributed by atoms with E-state index in [9.17, 15) is 4.79 Å². The molecule has 3 aromatic rings. The molecule has 0 saturated heterocycles. The summed E-state index contributed by atoms with van der Waals surface area (Å²) in [6.45, 7) is 0.363. The number of Topliss-reactive ketones (excluding diaryl/α,β-unsaturated/α-hetero) is 1. The fraction of sp³-hybridized carbons (Fsp3) is 0.0588. The second-order valence-electron chi connectivity index (χ2n) is 4.63. The molecule has 0 spiro atoms. The summed E-state index contributed by atoms with van der Waals surface area (Å²) < 4.78 is 3.08. The van der Waals surface area contributed by atoms with Crippen LogP contribution in [0.4, 0.5) is 0 Å². The number of halogens is 2. The lowest BCUT2D eigenvalue weighted by molar-refractivity contribution is -0.657. The van der Waals surface area contributed by atoms with Crippen LogP contribution < -0.4 is 21.5 Å². The average Bonchev–Trinajstić information content (AvgIpc) is 2.47. The first kappa shape index (κ1) is 16.1. The van der Waals surface area contributed by atoms with Gasteiger partial charge in [-0.05, 0) is 46.9 Å². The van der Waals surface area contributed by atoms with E-state index < -0.39 is 0 Å². The van der Waals surface area contributed by atoms with Crippen LogP contribution in [0.25, 0.3) is 10.9 Å². The highest BCUT2D eigenvalue weighted by Gasteiger charge is 2.15. The lowest BCUT2D eigenvalue weighted by Gasteiger charge is -2.02. The number of rotatable bonds is 3. The summed E-state index contributed by atoms with van der Waals surface area (Å²) >= 11 is 2.22. The van der Waals surface area contributed by atoms with Gasteiger partial charge in [0.2, 0.25) is 17.8 Å². The summed E-state index contributed by atoms with van der Waals surface area (Å²) in [5, 5.41) is 1.14. The fourth-order valence-electron chi connectivity index (χ4n) is 2.27. The molecule has 0 radical (unpaired) electrons. The van der Waals surface area contributed by atoms with Gasteiger partial charge in [-0.1, -0.05) is 24.3 Å². The molecule has 4 heteroatoms. The Hall–Kier alpha value is -1.27. The van der Waals surface area contributed by atoms with E-state index in [2.05, 4.69) is 34.7 Å². The molecule has 0 unspecified atom stereocenters. The summed E-state index contributed by atoms with van der Waals surface area (Å²) in [7, 11) is 0. The van der Waals surface area contributed by atoms with Crippen molar-refractivity contribution in [2.75, 3.05) is 0 Å². The van der Waals surface area contributed by atoms with Crippen LogP contribution in [0.1, 0.15) is 10.4 Å². The van der Waals surface area contributed by atoms with E-state index in [1.54, 1.807) is 0 Å². The number of aromatic nitrogens is 1. The Labute approximate surface area is 147 Å². The first-order chi connectivity index (χ1) is 9.74. The zero-order valence-corrected chi connectivity index (χ0v) is 14.9. The molecule has 2 nitrogen and oxygen atoms in total. The molecule has 0 fully saturated rings. The topological polar surface area (TPSA) is 20.9 Å². The summed E-state index contributed by atoms with van der Waals surface area (Å²) in [6.07, 6.45) is 1.95. The van der Waals surface area contributed by atoms with E-state index in [1.165, 1.54) is 0 Å². The van der Waals surface area contributed by atoms with E-state index in [4.69, 9.17) is 0 Å². The molecule has 3 rings (SSSR count). The average molecular weight is 454 g/mol. The van der Waals surface area contributed by atoms with Crippen molar-refractivity contribution in [3.8, 4) is 0 Å². The molecule has 0 amide bonds. The van der Waals surface area contributed by atoms with E-state index in [0.717, 1.165) is 20.0 Å². The Bertz CT molecular complexity index is 783. The maximum atomic E-state index is 12.4. The zero-order valence-electron chi connectivity index (χ0n) is 11.2. The van der Waals surface area contributed by atoms with Gasteiger partial charge in [-0.3, -0.25) is 4.79 Å². The fourth-order valence-corrected chi connectivity index (χ4v) is 2.81. The molecule has 1 aromatic heterocycles. The Morgan fingerprint density at radius 1 is 1.00 bits per heavy atom. The molecule has 106 valence electrons. The van der Waals surface area contributed by atoms with Crippen molar-refractivity contribution in [1.82, 2.24) is 0 Å². The van der Waals surface area contributed by atoms with Gasteiger partial charge in [0, 0.05) is 26.7 Å². The van der Waals surface area contributed by atoms with Gasteiger partial charge in [0.1, 0.15) is 0 Å². The van der Waals surface area contributed by atoms with Crippen LogP contribution in [0.5, 0.6) is 0 Å². The highest BCUT2D eigenvalue weighted by Crippen LogP contribution is 2.10. The van der Waals surface area contributed by atoms with Gasteiger partial charge in [0.15, 0.2) is 6.20 Å². The van der Waals surface area contributed by atoms with Gasteiger partial charge < -0.3 is 17.0 Å². The van der Waals surface area contributed by atoms with Gasteiger partial charge in [-0.2, -0.15) is 4.57 Å². The van der Waals surface area contributed by atoms with Crippen molar-refractivity contribution in [2.45, 2.75) is 6.54 Å². The SMILES string of the molecule is O=C(C[n+]1cccc2ccccc21)c1cccc(I)c1.[Br-]. The van der Waals surface area contributed by atoms with Crippen molar-refractivity contribution in [3.05, 3.63) is 76.0 Å². The number of benzene rings is 2. The number of ketones is 1. The normalized spacial score (nSPS) is 10.1. The smallest absolute Gasteiger partial charge is 0.227 e. The minimum Gasteiger partial charge on any atom is -1.00 e. The minimum absolute atomic E-state index is 0. The van der Waals surface area contributed by atoms with E-state index >= 15 is 0 Å². The third kappa shape index (κ3) is 3.68. The summed E-state index contributed by atoms with van der Waals surface area (Å²) in [6, 6.07) is 19.8. The molecule has 1 heterocycles. The molecule has 0 aliphatic rings. The van der Waals surface area contributed by atoms with Crippen molar-refractivity contribution >= 4 is 39.3 Å². The third-order valence-electron chi connectivity index (χ3n) is 3.25. The largest absolute Gasteiger partial charge is 1.00 e. The number of fused-ring (bicyclic) bond motifs is 1. The Kier molecular flexibility index (Phi) is 5.47. The van der Waals surface area contributed by atoms with Crippen LogP contribution in [0.15, 0.2) is 66.9 Å². The molecule has 2 aromatic carbocycles. The van der Waals surface area contributed by atoms with Crippen LogP contribution in [0.3, 0.4) is 0 Å². The third-order valence-corrected chi connectivity index (χ3v) is 3.92. The second-order valence-corrected chi connectivity index (χ2v) is 5.87. The lowest BCUT2D eigenvalue weighted by atomic mass is 10.1. The number of para-hydroxylation sites is 1. The number of pyridine rings is 1. The molecule has 0 aliphatic heterocycles. The number of hydrogen-bond acceptors (Lipinski definition) is 1. The van der Waals surface area contributed by atoms with E-state index in [0.29, 0.717) is 6.54 Å². The summed E-state index contributed by atoms with van der Waals surface area (Å²) in [5.74, 6) is 0.130. The van der Waals surface area contributed by atoms with Gasteiger partial charge in [0.05, 0.1) is 0 Å². The molecular weight excluding hydrogens is 441 g/mol. The number of carbonyl (C=O) groups excluding carboxylic acids is 1. The molecule has 0 aliphatic carbocycles. The van der Waals surface area contributed by atoms with Gasteiger partial charge in [-0.15, -0.1) is 0 Å². The molecule has 0 atom stereocenters. The maximum absolute atomic E-state index is 12.4. The zero-order chi connectivity index (χ0) is 13.9. The predicted molar refractivity (Wildman–Crippen MR) is 87.6 cm³/mol. The monoisotopic (exact) mass is 453 g/mol. The van der Waals surface area contributed by atoms with Crippen LogP contribution in [-0.2, 0) is 6.54 Å². The quantitative estimate of drug-likeness (QED) is 0.323. The van der Waals surface area contributed by atoms with Gasteiger partial charge in [0.25, 0.3) is 0 Å². The van der Waals surface area contributed by atoms with Gasteiger partial charge in [-0.25, -0.2) is 0 Å². The van der Waals surface area contributed by atoms with Crippen LogP contribution in [0.2, 0.25) is 0 Å². The Morgan fingerprint density at radius 2 is 1.76 bits per heavy atom. The number of hydrogen-bond donors (Lipinski definition) is 0. The maximum Gasteiger partial charge on any atom is 0.227 e. The van der Waals surface area contributed by atoms with Crippen molar-refractivity contribution < 1.29 is 26.3 Å². The Morgan fingerprint density at radius 3 is 2.57 bits per heavy atom. The predicted octanol–water partition coefficient (Wildman–Crippen LogP) is 0.619. The molecule has 0 N–H and O–H groups in total. The standard InChI is InChI=1S/C17H13INO.BrH/c18-15-8-3-6-14(11-15)17(20)12-19-10-4-7-13-5-1-2-9-16(13)19;/h1-11H,12H2;1H/q+1;/p-1. The second kappa shape index (κ2) is 7.13. The Balaban J connectivity index is 0.00000161. The van der Waals surface area contributed by atoms with Crippen molar-refractivity contribution in [2.24, 2.45) is 0 Å². The van der Waals surface area contributed by atoms with Gasteiger partial charge >= 0.3 is 0 Å². The molecular formula is C17H13BrINO. The molecule has 21 heavy (non-hydrogen) atoms. The first-order valence-electron chi connectivity index (χ1n) is 6.40. The highest BCUT2D eigenvalue weighted by atomic mass is 127. The lowest BCUT2D eigenvalue weighted by Crippen LogP contribution is -3.00. The van der Waals surface area contributed by atoms with Crippen molar-refractivity contribution in [1.29, 1.82) is 0 Å². The number of nitrogens with zero attached hydrogens (tertiary/aromatic N) is 1. The van der Waals surface area contributed by atoms with E-state index in [1.807, 2.05) is 59.3 Å².